The number of benzene rings is 1. The lowest BCUT2D eigenvalue weighted by atomic mass is 10.1. The van der Waals surface area contributed by atoms with Crippen molar-refractivity contribution in [3.8, 4) is 0 Å². The van der Waals surface area contributed by atoms with E-state index in [1.54, 1.807) is 6.07 Å². The van der Waals surface area contributed by atoms with Crippen molar-refractivity contribution in [2.75, 3.05) is 13.2 Å². The number of rotatable bonds is 7. The van der Waals surface area contributed by atoms with Gasteiger partial charge in [0.2, 0.25) is 0 Å². The second-order valence-electron chi connectivity index (χ2n) is 4.39. The van der Waals surface area contributed by atoms with Gasteiger partial charge in [-0.25, -0.2) is 0 Å². The summed E-state index contributed by atoms with van der Waals surface area (Å²) in [5.74, 6) is -0.0365. The highest BCUT2D eigenvalue weighted by atomic mass is 32.1. The highest BCUT2D eigenvalue weighted by molar-refractivity contribution is 7.80. The maximum Gasteiger partial charge on any atom is 0.251 e. The SMILES string of the molecule is Cc1ccc(S)cc1C(=O)NCCCCCCO. The van der Waals surface area contributed by atoms with Crippen LogP contribution in [0.15, 0.2) is 23.1 Å². The van der Waals surface area contributed by atoms with Crippen LogP contribution in [-0.2, 0) is 0 Å². The fraction of sp³-hybridized carbons (Fsp3) is 0.500. The molecule has 1 aromatic carbocycles. The van der Waals surface area contributed by atoms with Crippen molar-refractivity contribution in [2.24, 2.45) is 0 Å². The third kappa shape index (κ3) is 5.10. The molecule has 0 saturated carbocycles. The Bertz CT molecular complexity index is 393. The summed E-state index contributed by atoms with van der Waals surface area (Å²) >= 11 is 4.24. The largest absolute Gasteiger partial charge is 0.396 e. The summed E-state index contributed by atoms with van der Waals surface area (Å²) in [5, 5.41) is 11.5. The Kier molecular flexibility index (Phi) is 6.83. The first-order valence-corrected chi connectivity index (χ1v) is 6.78. The first kappa shape index (κ1) is 15.1. The Balaban J connectivity index is 2.34. The molecule has 0 bridgehead atoms. The number of carbonyl (C=O) groups excluding carboxylic acids is 1. The van der Waals surface area contributed by atoms with E-state index in [1.807, 2.05) is 19.1 Å². The van der Waals surface area contributed by atoms with Crippen LogP contribution < -0.4 is 5.32 Å². The zero-order chi connectivity index (χ0) is 13.4. The van der Waals surface area contributed by atoms with Crippen molar-refractivity contribution in [2.45, 2.75) is 37.5 Å². The molecule has 0 atom stereocenters. The van der Waals surface area contributed by atoms with Crippen LogP contribution in [-0.4, -0.2) is 24.2 Å². The molecule has 0 spiro atoms. The molecule has 0 aliphatic carbocycles. The maximum absolute atomic E-state index is 11.9. The van der Waals surface area contributed by atoms with Gasteiger partial charge in [0.05, 0.1) is 0 Å². The number of nitrogens with one attached hydrogen (secondary N) is 1. The van der Waals surface area contributed by atoms with E-state index in [2.05, 4.69) is 17.9 Å². The normalized spacial score (nSPS) is 10.4. The van der Waals surface area contributed by atoms with E-state index >= 15 is 0 Å². The van der Waals surface area contributed by atoms with Crippen LogP contribution >= 0.6 is 12.6 Å². The third-order valence-electron chi connectivity index (χ3n) is 2.84. The Labute approximate surface area is 114 Å². The van der Waals surface area contributed by atoms with Crippen LogP contribution in [0, 0.1) is 6.92 Å². The van der Waals surface area contributed by atoms with Gasteiger partial charge in [0.1, 0.15) is 0 Å². The van der Waals surface area contributed by atoms with Gasteiger partial charge < -0.3 is 10.4 Å². The van der Waals surface area contributed by atoms with E-state index in [0.29, 0.717) is 12.1 Å². The van der Waals surface area contributed by atoms with Gasteiger partial charge in [0.15, 0.2) is 0 Å². The zero-order valence-electron chi connectivity index (χ0n) is 10.8. The van der Waals surface area contributed by atoms with E-state index in [0.717, 1.165) is 36.1 Å². The van der Waals surface area contributed by atoms with Gasteiger partial charge in [-0.2, -0.15) is 0 Å². The summed E-state index contributed by atoms with van der Waals surface area (Å²) in [6, 6.07) is 5.57. The zero-order valence-corrected chi connectivity index (χ0v) is 11.7. The minimum atomic E-state index is -0.0365. The molecule has 0 fully saturated rings. The second-order valence-corrected chi connectivity index (χ2v) is 4.91. The summed E-state index contributed by atoms with van der Waals surface area (Å²) in [6.07, 6.45) is 3.84. The molecule has 1 aromatic rings. The summed E-state index contributed by atoms with van der Waals surface area (Å²) < 4.78 is 0. The van der Waals surface area contributed by atoms with Crippen LogP contribution in [0.2, 0.25) is 0 Å². The summed E-state index contributed by atoms with van der Waals surface area (Å²) in [6.45, 7) is 2.85. The van der Waals surface area contributed by atoms with Crippen molar-refractivity contribution >= 4 is 18.5 Å². The molecule has 3 nitrogen and oxygen atoms in total. The van der Waals surface area contributed by atoms with E-state index < -0.39 is 0 Å². The minimum Gasteiger partial charge on any atom is -0.396 e. The quantitative estimate of drug-likeness (QED) is 0.525. The van der Waals surface area contributed by atoms with Crippen LogP contribution in [0.5, 0.6) is 0 Å². The molecule has 0 heterocycles. The fourth-order valence-corrected chi connectivity index (χ4v) is 1.95. The number of aryl methyl sites for hydroxylation is 1. The minimum absolute atomic E-state index is 0.0365. The van der Waals surface area contributed by atoms with E-state index in [4.69, 9.17) is 5.11 Å². The Hall–Kier alpha value is -1.00. The van der Waals surface area contributed by atoms with Crippen molar-refractivity contribution < 1.29 is 9.90 Å². The van der Waals surface area contributed by atoms with Crippen LogP contribution in [0.1, 0.15) is 41.6 Å². The van der Waals surface area contributed by atoms with Crippen LogP contribution in [0.25, 0.3) is 0 Å². The molecule has 18 heavy (non-hydrogen) atoms. The number of aliphatic hydroxyl groups excluding tert-OH is 1. The second kappa shape index (κ2) is 8.16. The van der Waals surface area contributed by atoms with E-state index in [-0.39, 0.29) is 12.5 Å². The Morgan fingerprint density at radius 3 is 2.72 bits per heavy atom. The molecule has 0 radical (unpaired) electrons. The van der Waals surface area contributed by atoms with Gasteiger partial charge in [-0.15, -0.1) is 12.6 Å². The third-order valence-corrected chi connectivity index (χ3v) is 3.11. The lowest BCUT2D eigenvalue weighted by Gasteiger charge is -2.08. The highest BCUT2D eigenvalue weighted by Gasteiger charge is 2.08. The number of carbonyl (C=O) groups is 1. The van der Waals surface area contributed by atoms with Gasteiger partial charge in [-0.1, -0.05) is 18.9 Å². The molecule has 100 valence electrons. The van der Waals surface area contributed by atoms with Crippen LogP contribution in [0.4, 0.5) is 0 Å². The number of hydrogen-bond acceptors (Lipinski definition) is 3. The molecule has 0 saturated heterocycles. The first-order valence-electron chi connectivity index (χ1n) is 6.34. The predicted molar refractivity (Wildman–Crippen MR) is 76.3 cm³/mol. The molecule has 4 heteroatoms. The lowest BCUT2D eigenvalue weighted by molar-refractivity contribution is 0.0952. The number of aliphatic hydroxyl groups is 1. The highest BCUT2D eigenvalue weighted by Crippen LogP contribution is 2.13. The van der Waals surface area contributed by atoms with Crippen molar-refractivity contribution in [3.05, 3.63) is 29.3 Å². The molecule has 2 N–H and O–H groups in total. The van der Waals surface area contributed by atoms with Crippen molar-refractivity contribution in [1.29, 1.82) is 0 Å². The molecular formula is C14H21NO2S. The molecule has 1 rings (SSSR count). The topological polar surface area (TPSA) is 49.3 Å². The first-order chi connectivity index (χ1) is 8.65. The predicted octanol–water partition coefficient (Wildman–Crippen LogP) is 2.57. The Morgan fingerprint density at radius 1 is 1.28 bits per heavy atom. The average Bonchev–Trinajstić information content (AvgIpc) is 2.36. The fourth-order valence-electron chi connectivity index (χ4n) is 1.74. The number of thiol groups is 1. The van der Waals surface area contributed by atoms with E-state index in [1.165, 1.54) is 0 Å². The van der Waals surface area contributed by atoms with Crippen molar-refractivity contribution in [3.63, 3.8) is 0 Å². The van der Waals surface area contributed by atoms with Gasteiger partial charge in [-0.3, -0.25) is 4.79 Å². The summed E-state index contributed by atoms with van der Waals surface area (Å²) in [4.78, 5) is 12.7. The maximum atomic E-state index is 11.9. The Morgan fingerprint density at radius 2 is 2.00 bits per heavy atom. The van der Waals surface area contributed by atoms with Crippen LogP contribution in [0.3, 0.4) is 0 Å². The lowest BCUT2D eigenvalue weighted by Crippen LogP contribution is -2.25. The summed E-state index contributed by atoms with van der Waals surface area (Å²) in [7, 11) is 0. The van der Waals surface area contributed by atoms with Gasteiger partial charge in [0.25, 0.3) is 5.91 Å². The van der Waals surface area contributed by atoms with Gasteiger partial charge in [-0.05, 0) is 37.5 Å². The molecule has 0 aromatic heterocycles. The van der Waals surface area contributed by atoms with Gasteiger partial charge >= 0.3 is 0 Å². The van der Waals surface area contributed by atoms with E-state index in [9.17, 15) is 4.79 Å². The van der Waals surface area contributed by atoms with Crippen molar-refractivity contribution in [1.82, 2.24) is 5.32 Å². The molecule has 0 aliphatic rings. The standard InChI is InChI=1S/C14H21NO2S/c1-11-6-7-12(18)10-13(11)14(17)15-8-4-2-3-5-9-16/h6-7,10,16,18H,2-5,8-9H2,1H3,(H,15,17). The smallest absolute Gasteiger partial charge is 0.251 e. The molecule has 0 unspecified atom stereocenters. The molecule has 0 aliphatic heterocycles. The number of unbranched alkanes of at least 4 members (excludes halogenated alkanes) is 3. The molecular weight excluding hydrogens is 246 g/mol. The number of amides is 1. The number of hydrogen-bond donors (Lipinski definition) is 3. The van der Waals surface area contributed by atoms with Gasteiger partial charge in [0, 0.05) is 23.6 Å². The summed E-state index contributed by atoms with van der Waals surface area (Å²) in [5.41, 5.74) is 1.66. The molecule has 1 amide bonds. The monoisotopic (exact) mass is 267 g/mol. The average molecular weight is 267 g/mol.